The lowest BCUT2D eigenvalue weighted by Crippen LogP contribution is -2.39. The maximum atomic E-state index is 12.4. The number of hydrogen-bond donors (Lipinski definition) is 2. The minimum atomic E-state index is -4.32. The molecule has 2 nitrogen and oxygen atoms in total. The van der Waals surface area contributed by atoms with E-state index in [0.29, 0.717) is 36.0 Å². The normalized spacial score (nSPS) is 16.9. The Morgan fingerprint density at radius 2 is 1.14 bits per heavy atom. The van der Waals surface area contributed by atoms with Crippen LogP contribution in [0.3, 0.4) is 0 Å². The van der Waals surface area contributed by atoms with E-state index in [4.69, 9.17) is 0 Å². The van der Waals surface area contributed by atoms with Crippen molar-refractivity contribution in [3.63, 3.8) is 0 Å². The van der Waals surface area contributed by atoms with Crippen LogP contribution in [0, 0.1) is 0 Å². The van der Waals surface area contributed by atoms with Gasteiger partial charge in [-0.1, -0.05) is 28.1 Å². The van der Waals surface area contributed by atoms with E-state index in [1.807, 2.05) is 0 Å². The van der Waals surface area contributed by atoms with E-state index >= 15 is 0 Å². The molecule has 1 fully saturated rings. The Labute approximate surface area is 166 Å². The van der Waals surface area contributed by atoms with Gasteiger partial charge in [0.25, 0.3) is 0 Å². The van der Waals surface area contributed by atoms with Crippen molar-refractivity contribution in [1.82, 2.24) is 5.32 Å². The zero-order valence-corrected chi connectivity index (χ0v) is 16.1. The number of piperidine rings is 1. The van der Waals surface area contributed by atoms with Crippen molar-refractivity contribution in [2.75, 3.05) is 13.1 Å². The van der Waals surface area contributed by atoms with E-state index in [9.17, 15) is 31.4 Å². The Hall–Kier alpha value is -1.58. The molecule has 1 saturated heterocycles. The van der Waals surface area contributed by atoms with Crippen molar-refractivity contribution in [2.45, 2.75) is 30.8 Å². The van der Waals surface area contributed by atoms with Crippen molar-refractivity contribution in [1.29, 1.82) is 0 Å². The second-order valence-electron chi connectivity index (χ2n) is 6.36. The van der Waals surface area contributed by atoms with Crippen LogP contribution < -0.4 is 5.32 Å². The quantitative estimate of drug-likeness (QED) is 0.521. The average molecular weight is 470 g/mol. The van der Waals surface area contributed by atoms with Crippen LogP contribution in [0.5, 0.6) is 0 Å². The smallest absolute Gasteiger partial charge is 0.385 e. The summed E-state index contributed by atoms with van der Waals surface area (Å²) in [7, 11) is 0. The van der Waals surface area contributed by atoms with Gasteiger partial charge in [-0.05, 0) is 67.9 Å². The summed E-state index contributed by atoms with van der Waals surface area (Å²) < 4.78 is 73.5. The lowest BCUT2D eigenvalue weighted by molar-refractivity contribution is -0.138. The second-order valence-corrected chi connectivity index (χ2v) is 7.28. The summed E-state index contributed by atoms with van der Waals surface area (Å²) in [6.07, 6.45) is -7.51. The number of aliphatic hydroxyl groups is 1. The molecule has 1 aliphatic rings. The molecule has 3 rings (SSSR count). The lowest BCUT2D eigenvalue weighted by atomic mass is 9.85. The largest absolute Gasteiger partial charge is 0.416 e. The molecule has 1 aliphatic heterocycles. The van der Waals surface area contributed by atoms with Crippen LogP contribution in [-0.4, -0.2) is 18.2 Å². The molecule has 0 aliphatic carbocycles. The molecule has 0 bridgehead atoms. The van der Waals surface area contributed by atoms with E-state index in [-0.39, 0.29) is 0 Å². The van der Waals surface area contributed by atoms with Crippen molar-refractivity contribution in [3.05, 3.63) is 69.7 Å². The van der Waals surface area contributed by atoms with E-state index in [2.05, 4.69) is 21.2 Å². The molecule has 0 atom stereocenters. The number of benzene rings is 2. The fourth-order valence-electron chi connectivity index (χ4n) is 2.74. The summed E-state index contributed by atoms with van der Waals surface area (Å²) in [6, 6.07) is 9.58. The molecule has 2 N–H and O–H groups in total. The van der Waals surface area contributed by atoms with Gasteiger partial charge in [-0.2, -0.15) is 26.3 Å². The van der Waals surface area contributed by atoms with Gasteiger partial charge in [0.1, 0.15) is 0 Å². The Kier molecular flexibility index (Phi) is 7.17. The molecule has 1 heterocycles. The van der Waals surface area contributed by atoms with Crippen molar-refractivity contribution in [2.24, 2.45) is 0 Å². The average Bonchev–Trinajstić information content (AvgIpc) is 2.62. The Balaban J connectivity index is 0.000000221. The van der Waals surface area contributed by atoms with Crippen LogP contribution in [0.2, 0.25) is 0 Å². The monoisotopic (exact) mass is 469 g/mol. The SMILES string of the molecule is FC(F)(F)c1ccc(Br)cc1.OC1(c2ccc(C(F)(F)F)cc2)CCNCC1. The number of rotatable bonds is 1. The molecule has 28 heavy (non-hydrogen) atoms. The minimum absolute atomic E-state index is 0.526. The summed E-state index contributed by atoms with van der Waals surface area (Å²) in [4.78, 5) is 0. The van der Waals surface area contributed by atoms with Gasteiger partial charge in [0, 0.05) is 4.47 Å². The highest BCUT2D eigenvalue weighted by Crippen LogP contribution is 2.34. The summed E-state index contributed by atoms with van der Waals surface area (Å²) in [5.74, 6) is 0. The predicted molar refractivity (Wildman–Crippen MR) is 96.6 cm³/mol. The standard InChI is InChI=1S/C12H14F3NO.C7H4BrF3/c13-12(14,15)10-3-1-9(2-4-10)11(17)5-7-16-8-6-11;8-6-3-1-5(2-4-6)7(9,10)11/h1-4,16-17H,5-8H2;1-4H. The van der Waals surface area contributed by atoms with Crippen LogP contribution in [0.4, 0.5) is 26.3 Å². The summed E-state index contributed by atoms with van der Waals surface area (Å²) in [5, 5.41) is 13.4. The third-order valence-electron chi connectivity index (χ3n) is 4.35. The second kappa shape index (κ2) is 8.84. The fourth-order valence-corrected chi connectivity index (χ4v) is 3.00. The topological polar surface area (TPSA) is 32.3 Å². The molecule has 0 aromatic heterocycles. The number of alkyl halides is 6. The maximum Gasteiger partial charge on any atom is 0.416 e. The summed E-state index contributed by atoms with van der Waals surface area (Å²) >= 11 is 3.04. The molecule has 154 valence electrons. The summed E-state index contributed by atoms with van der Waals surface area (Å²) in [5.41, 5.74) is -1.73. The number of nitrogens with one attached hydrogen (secondary N) is 1. The highest BCUT2D eigenvalue weighted by Gasteiger charge is 2.34. The van der Waals surface area contributed by atoms with Crippen LogP contribution in [0.25, 0.3) is 0 Å². The fraction of sp³-hybridized carbons (Fsp3) is 0.368. The lowest BCUT2D eigenvalue weighted by Gasteiger charge is -2.33. The molecule has 0 saturated carbocycles. The molecule has 0 spiro atoms. The Bertz CT molecular complexity index is 750. The van der Waals surface area contributed by atoms with Crippen LogP contribution in [-0.2, 0) is 18.0 Å². The third-order valence-corrected chi connectivity index (χ3v) is 4.88. The van der Waals surface area contributed by atoms with Gasteiger partial charge in [-0.3, -0.25) is 0 Å². The van der Waals surface area contributed by atoms with Gasteiger partial charge in [0.05, 0.1) is 16.7 Å². The van der Waals surface area contributed by atoms with Crippen molar-refractivity contribution < 1.29 is 31.4 Å². The highest BCUT2D eigenvalue weighted by molar-refractivity contribution is 9.10. The van der Waals surface area contributed by atoms with Gasteiger partial charge in [-0.15, -0.1) is 0 Å². The van der Waals surface area contributed by atoms with Gasteiger partial charge in [0.2, 0.25) is 0 Å². The van der Waals surface area contributed by atoms with Gasteiger partial charge < -0.3 is 10.4 Å². The molecule has 9 heteroatoms. The van der Waals surface area contributed by atoms with E-state index < -0.39 is 29.1 Å². The van der Waals surface area contributed by atoms with Gasteiger partial charge in [-0.25, -0.2) is 0 Å². The van der Waals surface area contributed by atoms with E-state index in [1.54, 1.807) is 0 Å². The highest BCUT2D eigenvalue weighted by atomic mass is 79.9. The first-order chi connectivity index (χ1) is 12.9. The van der Waals surface area contributed by atoms with Gasteiger partial charge >= 0.3 is 12.4 Å². The molecule has 0 radical (unpaired) electrons. The molecule has 2 aromatic rings. The van der Waals surface area contributed by atoms with Crippen LogP contribution >= 0.6 is 15.9 Å². The molecule has 2 aromatic carbocycles. The van der Waals surface area contributed by atoms with Crippen LogP contribution in [0.1, 0.15) is 29.5 Å². The zero-order valence-electron chi connectivity index (χ0n) is 14.5. The molecular weight excluding hydrogens is 452 g/mol. The van der Waals surface area contributed by atoms with Crippen molar-refractivity contribution >= 4 is 15.9 Å². The Morgan fingerprint density at radius 1 is 0.750 bits per heavy atom. The number of halogens is 7. The summed E-state index contributed by atoms with van der Waals surface area (Å²) in [6.45, 7) is 1.36. The maximum absolute atomic E-state index is 12.4. The third kappa shape index (κ3) is 6.22. The number of hydrogen-bond acceptors (Lipinski definition) is 2. The Morgan fingerprint density at radius 3 is 1.54 bits per heavy atom. The van der Waals surface area contributed by atoms with Crippen LogP contribution in [0.15, 0.2) is 53.0 Å². The first-order valence-electron chi connectivity index (χ1n) is 8.35. The predicted octanol–water partition coefficient (Wildman–Crippen LogP) is 5.74. The zero-order chi connectivity index (χ0) is 21.0. The van der Waals surface area contributed by atoms with Gasteiger partial charge in [0.15, 0.2) is 0 Å². The molecule has 0 unspecified atom stereocenters. The minimum Gasteiger partial charge on any atom is -0.385 e. The van der Waals surface area contributed by atoms with E-state index in [1.165, 1.54) is 24.3 Å². The van der Waals surface area contributed by atoms with E-state index in [0.717, 1.165) is 24.3 Å². The molecule has 0 amide bonds. The first-order valence-corrected chi connectivity index (χ1v) is 9.15. The molecular formula is C19H18BrF6NO. The first kappa shape index (κ1) is 22.7. The van der Waals surface area contributed by atoms with Crippen molar-refractivity contribution in [3.8, 4) is 0 Å².